The molecular weight excluding hydrogens is 250 g/mol. The highest BCUT2D eigenvalue weighted by Gasteiger charge is 2.26. The minimum absolute atomic E-state index is 0.253. The van der Waals surface area contributed by atoms with Crippen LogP contribution in [0.4, 0.5) is 0 Å². The number of hydrogen-bond donors (Lipinski definition) is 2. The van der Waals surface area contributed by atoms with E-state index >= 15 is 0 Å². The molecule has 0 saturated heterocycles. The molecule has 0 fully saturated rings. The number of carboxylic acid groups (broad SMARTS) is 1. The van der Waals surface area contributed by atoms with Crippen molar-refractivity contribution in [1.82, 2.24) is 0 Å². The van der Waals surface area contributed by atoms with Gasteiger partial charge in [0.1, 0.15) is 0 Å². The molecule has 3 N–H and O–H groups in total. The zero-order valence-corrected chi connectivity index (χ0v) is 10.1. The second kappa shape index (κ2) is 3.83. The molecule has 1 atom stereocenters. The summed E-state index contributed by atoms with van der Waals surface area (Å²) in [7, 11) is 0. The fraction of sp³-hybridized carbons (Fsp3) is 0.0714. The average molecular weight is 260 g/mol. The third kappa shape index (κ3) is 1.52. The summed E-state index contributed by atoms with van der Waals surface area (Å²) in [6.45, 7) is 0. The Hall–Kier alpha value is -1.84. The topological polar surface area (TPSA) is 63.3 Å². The maximum Gasteiger partial charge on any atom is 0.335 e. The van der Waals surface area contributed by atoms with E-state index in [2.05, 4.69) is 0 Å². The second-order valence-corrected chi connectivity index (χ2v) is 4.75. The first-order valence-corrected chi connectivity index (χ1v) is 5.88. The number of benzene rings is 2. The molecule has 3 rings (SSSR count). The predicted octanol–water partition coefficient (Wildman–Crippen LogP) is 3.07. The Kier molecular flexibility index (Phi) is 2.40. The van der Waals surface area contributed by atoms with Crippen LogP contribution < -0.4 is 5.73 Å². The van der Waals surface area contributed by atoms with Crippen LogP contribution in [0, 0.1) is 0 Å². The summed E-state index contributed by atoms with van der Waals surface area (Å²) >= 11 is 5.96. The molecule has 18 heavy (non-hydrogen) atoms. The molecule has 0 heterocycles. The molecule has 2 aromatic carbocycles. The highest BCUT2D eigenvalue weighted by atomic mass is 35.5. The molecule has 0 radical (unpaired) electrons. The van der Waals surface area contributed by atoms with Gasteiger partial charge in [0, 0.05) is 5.02 Å². The molecule has 1 aliphatic rings. The van der Waals surface area contributed by atoms with Gasteiger partial charge in [-0.05, 0) is 46.5 Å². The largest absolute Gasteiger partial charge is 0.478 e. The van der Waals surface area contributed by atoms with Gasteiger partial charge >= 0.3 is 5.97 Å². The van der Waals surface area contributed by atoms with Crippen LogP contribution in [0.25, 0.3) is 11.1 Å². The molecule has 0 saturated carbocycles. The van der Waals surface area contributed by atoms with E-state index in [0.717, 1.165) is 22.3 Å². The van der Waals surface area contributed by atoms with E-state index in [-0.39, 0.29) is 11.6 Å². The lowest BCUT2D eigenvalue weighted by Gasteiger charge is -2.07. The first-order chi connectivity index (χ1) is 8.58. The molecule has 0 bridgehead atoms. The normalized spacial score (nSPS) is 16.2. The minimum Gasteiger partial charge on any atom is -0.478 e. The van der Waals surface area contributed by atoms with Crippen molar-refractivity contribution in [3.63, 3.8) is 0 Å². The summed E-state index contributed by atoms with van der Waals surface area (Å²) < 4.78 is 0. The van der Waals surface area contributed by atoms with Gasteiger partial charge in [-0.2, -0.15) is 0 Å². The molecule has 1 unspecified atom stereocenters. The molecule has 0 aliphatic heterocycles. The van der Waals surface area contributed by atoms with Crippen molar-refractivity contribution in [3.8, 4) is 11.1 Å². The number of fused-ring (bicyclic) bond motifs is 3. The van der Waals surface area contributed by atoms with Crippen LogP contribution >= 0.6 is 11.6 Å². The van der Waals surface area contributed by atoms with Crippen LogP contribution in [0.1, 0.15) is 27.5 Å². The van der Waals surface area contributed by atoms with Crippen LogP contribution in [0.5, 0.6) is 0 Å². The summed E-state index contributed by atoms with van der Waals surface area (Å²) in [5.41, 5.74) is 10.2. The van der Waals surface area contributed by atoms with Crippen molar-refractivity contribution in [2.45, 2.75) is 6.04 Å². The van der Waals surface area contributed by atoms with E-state index in [0.29, 0.717) is 5.02 Å². The molecule has 1 aliphatic carbocycles. The van der Waals surface area contributed by atoms with Gasteiger partial charge in [0.2, 0.25) is 0 Å². The Bertz CT molecular complexity index is 667. The fourth-order valence-electron chi connectivity index (χ4n) is 2.40. The summed E-state index contributed by atoms with van der Waals surface area (Å²) in [4.78, 5) is 11.0. The molecule has 4 heteroatoms. The van der Waals surface area contributed by atoms with E-state index in [1.807, 2.05) is 18.2 Å². The molecule has 0 aromatic heterocycles. The summed E-state index contributed by atoms with van der Waals surface area (Å²) in [5.74, 6) is -0.945. The highest BCUT2D eigenvalue weighted by Crippen LogP contribution is 2.43. The Morgan fingerprint density at radius 1 is 1.11 bits per heavy atom. The maximum atomic E-state index is 11.0. The molecule has 90 valence electrons. The van der Waals surface area contributed by atoms with Crippen LogP contribution in [0.15, 0.2) is 36.4 Å². The van der Waals surface area contributed by atoms with E-state index in [1.54, 1.807) is 18.2 Å². The SMILES string of the molecule is NC1c2cc(Cl)ccc2-c2ccc(C(=O)O)cc21. The van der Waals surface area contributed by atoms with Gasteiger partial charge in [0.25, 0.3) is 0 Å². The zero-order chi connectivity index (χ0) is 12.9. The highest BCUT2D eigenvalue weighted by molar-refractivity contribution is 6.30. The van der Waals surface area contributed by atoms with Crippen LogP contribution in [0.3, 0.4) is 0 Å². The summed E-state index contributed by atoms with van der Waals surface area (Å²) in [5, 5.41) is 9.64. The Morgan fingerprint density at radius 3 is 2.39 bits per heavy atom. The minimum atomic E-state index is -0.945. The van der Waals surface area contributed by atoms with E-state index < -0.39 is 5.97 Å². The van der Waals surface area contributed by atoms with Gasteiger partial charge in [-0.15, -0.1) is 0 Å². The number of hydrogen-bond acceptors (Lipinski definition) is 2. The number of nitrogens with two attached hydrogens (primary N) is 1. The van der Waals surface area contributed by atoms with Gasteiger partial charge in [0.15, 0.2) is 0 Å². The van der Waals surface area contributed by atoms with Crippen molar-refractivity contribution in [1.29, 1.82) is 0 Å². The lowest BCUT2D eigenvalue weighted by Crippen LogP contribution is -2.09. The van der Waals surface area contributed by atoms with Crippen LogP contribution in [-0.4, -0.2) is 11.1 Å². The molecule has 0 spiro atoms. The Balaban J connectivity index is 2.23. The quantitative estimate of drug-likeness (QED) is 0.827. The number of carbonyl (C=O) groups is 1. The Morgan fingerprint density at radius 2 is 1.72 bits per heavy atom. The summed E-state index contributed by atoms with van der Waals surface area (Å²) in [6, 6.07) is 10.3. The Labute approximate surface area is 109 Å². The fourth-order valence-corrected chi connectivity index (χ4v) is 2.58. The maximum absolute atomic E-state index is 11.0. The smallest absolute Gasteiger partial charge is 0.335 e. The van der Waals surface area contributed by atoms with Gasteiger partial charge in [-0.3, -0.25) is 0 Å². The zero-order valence-electron chi connectivity index (χ0n) is 9.35. The van der Waals surface area contributed by atoms with E-state index in [4.69, 9.17) is 22.4 Å². The standard InChI is InChI=1S/C14H10ClNO2/c15-8-2-4-10-9-3-1-7(14(17)18)5-11(9)13(16)12(10)6-8/h1-6,13H,16H2,(H,17,18). The van der Waals surface area contributed by atoms with E-state index in [9.17, 15) is 4.79 Å². The van der Waals surface area contributed by atoms with Gasteiger partial charge in [-0.25, -0.2) is 4.79 Å². The molecule has 0 amide bonds. The third-order valence-corrected chi connectivity index (χ3v) is 3.51. The first kappa shape index (κ1) is 11.3. The first-order valence-electron chi connectivity index (χ1n) is 5.50. The number of carboxylic acids is 1. The second-order valence-electron chi connectivity index (χ2n) is 4.32. The average Bonchev–Trinajstić information content (AvgIpc) is 2.62. The van der Waals surface area contributed by atoms with Gasteiger partial charge in [0.05, 0.1) is 11.6 Å². The summed E-state index contributed by atoms with van der Waals surface area (Å²) in [6.07, 6.45) is 0. The lowest BCUT2D eigenvalue weighted by molar-refractivity contribution is 0.0697. The molecular formula is C14H10ClNO2. The number of halogens is 1. The molecule has 2 aromatic rings. The monoisotopic (exact) mass is 259 g/mol. The number of aromatic carboxylic acids is 1. The van der Waals surface area contributed by atoms with Gasteiger partial charge in [-0.1, -0.05) is 23.7 Å². The van der Waals surface area contributed by atoms with E-state index in [1.165, 1.54) is 0 Å². The molecule has 3 nitrogen and oxygen atoms in total. The van der Waals surface area contributed by atoms with Crippen LogP contribution in [0.2, 0.25) is 5.02 Å². The van der Waals surface area contributed by atoms with Crippen molar-refractivity contribution < 1.29 is 9.90 Å². The lowest BCUT2D eigenvalue weighted by atomic mass is 10.0. The third-order valence-electron chi connectivity index (χ3n) is 3.27. The van der Waals surface area contributed by atoms with Crippen molar-refractivity contribution in [2.24, 2.45) is 5.73 Å². The van der Waals surface area contributed by atoms with Crippen molar-refractivity contribution in [3.05, 3.63) is 58.1 Å². The van der Waals surface area contributed by atoms with Crippen molar-refractivity contribution in [2.75, 3.05) is 0 Å². The van der Waals surface area contributed by atoms with Crippen molar-refractivity contribution >= 4 is 17.6 Å². The number of rotatable bonds is 1. The predicted molar refractivity (Wildman–Crippen MR) is 69.9 cm³/mol. The van der Waals surface area contributed by atoms with Gasteiger partial charge < -0.3 is 10.8 Å². The van der Waals surface area contributed by atoms with Crippen LogP contribution in [-0.2, 0) is 0 Å².